The molecule has 0 aliphatic rings. The third-order valence-electron chi connectivity index (χ3n) is 5.46. The van der Waals surface area contributed by atoms with Crippen LogP contribution in [0.2, 0.25) is 0 Å². The van der Waals surface area contributed by atoms with Crippen LogP contribution in [0.3, 0.4) is 0 Å². The largest absolute Gasteiger partial charge is 0.494 e. The van der Waals surface area contributed by atoms with Crippen LogP contribution in [0.25, 0.3) is 6.08 Å². The Kier molecular flexibility index (Phi) is 9.84. The van der Waals surface area contributed by atoms with E-state index in [0.717, 1.165) is 31.8 Å². The first-order chi connectivity index (χ1) is 17.8. The second-order valence-corrected chi connectivity index (χ2v) is 8.43. The van der Waals surface area contributed by atoms with Crippen LogP contribution in [0.4, 0.5) is 11.4 Å². The highest BCUT2D eigenvalue weighted by Crippen LogP contribution is 2.18. The number of carboxylic acid groups (broad SMARTS) is 1. The summed E-state index contributed by atoms with van der Waals surface area (Å²) in [6, 6.07) is 18.4. The van der Waals surface area contributed by atoms with E-state index in [0.29, 0.717) is 52.6 Å². The minimum atomic E-state index is -1.03. The zero-order valence-corrected chi connectivity index (χ0v) is 20.4. The van der Waals surface area contributed by atoms with Crippen molar-refractivity contribution in [3.63, 3.8) is 0 Å². The van der Waals surface area contributed by atoms with Crippen LogP contribution in [0.1, 0.15) is 57.5 Å². The first kappa shape index (κ1) is 27.0. The van der Waals surface area contributed by atoms with Gasteiger partial charge in [-0.2, -0.15) is 0 Å². The van der Waals surface area contributed by atoms with Gasteiger partial charge in [0.25, 0.3) is 0 Å². The Morgan fingerprint density at radius 1 is 0.730 bits per heavy atom. The molecule has 0 aliphatic carbocycles. The molecule has 0 heterocycles. The van der Waals surface area contributed by atoms with Crippen molar-refractivity contribution >= 4 is 35.2 Å². The van der Waals surface area contributed by atoms with Crippen LogP contribution < -0.4 is 16.2 Å². The van der Waals surface area contributed by atoms with Gasteiger partial charge in [-0.25, -0.2) is 9.59 Å². The molecular weight excluding hydrogens is 472 g/mol. The number of nitrogen functional groups attached to an aromatic ring is 2. The summed E-state index contributed by atoms with van der Waals surface area (Å²) < 4.78 is 11.0. The van der Waals surface area contributed by atoms with Gasteiger partial charge in [-0.15, -0.1) is 0 Å². The van der Waals surface area contributed by atoms with E-state index >= 15 is 0 Å². The van der Waals surface area contributed by atoms with Gasteiger partial charge in [0.15, 0.2) is 5.78 Å². The van der Waals surface area contributed by atoms with Crippen molar-refractivity contribution in [3.8, 4) is 5.75 Å². The molecule has 3 rings (SSSR count). The molecule has 0 amide bonds. The molecule has 0 aliphatic heterocycles. The number of benzene rings is 3. The standard InChI is InChI=1S/C29H30N2O6/c30-24-17-23(18-25(31)19-24)29(35)37-16-4-2-1-3-15-36-26-12-10-22(11-13-26)28(34)21-8-5-20(6-9-21)7-14-27(32)33/h5-14,17-19H,1-4,15-16,30-31H2,(H,32,33)/b14-7+. The number of carbonyl (C=O) groups is 3. The molecule has 0 bridgehead atoms. The molecule has 8 nitrogen and oxygen atoms in total. The van der Waals surface area contributed by atoms with E-state index in [1.165, 1.54) is 6.08 Å². The molecule has 3 aromatic rings. The number of unbranched alkanes of at least 4 members (excludes halogenated alkanes) is 3. The SMILES string of the molecule is Nc1cc(N)cc(C(=O)OCCCCCCOc2ccc(C(=O)c3ccc(/C=C/C(=O)O)cc3)cc2)c1. The average molecular weight is 503 g/mol. The van der Waals surface area contributed by atoms with E-state index < -0.39 is 11.9 Å². The smallest absolute Gasteiger partial charge is 0.338 e. The molecule has 3 aromatic carbocycles. The van der Waals surface area contributed by atoms with Crippen LogP contribution in [-0.4, -0.2) is 36.0 Å². The summed E-state index contributed by atoms with van der Waals surface area (Å²) in [6.45, 7) is 0.868. The van der Waals surface area contributed by atoms with Gasteiger partial charge in [0, 0.05) is 28.6 Å². The molecule has 0 saturated heterocycles. The highest BCUT2D eigenvalue weighted by atomic mass is 16.5. The van der Waals surface area contributed by atoms with Crippen LogP contribution in [0.15, 0.2) is 72.8 Å². The van der Waals surface area contributed by atoms with Crippen LogP contribution in [-0.2, 0) is 9.53 Å². The van der Waals surface area contributed by atoms with Gasteiger partial charge in [0.1, 0.15) is 5.75 Å². The zero-order valence-electron chi connectivity index (χ0n) is 20.4. The van der Waals surface area contributed by atoms with E-state index in [1.54, 1.807) is 66.7 Å². The maximum atomic E-state index is 12.7. The van der Waals surface area contributed by atoms with Gasteiger partial charge in [-0.1, -0.05) is 24.3 Å². The quantitative estimate of drug-likeness (QED) is 0.0977. The Morgan fingerprint density at radius 2 is 1.30 bits per heavy atom. The molecule has 0 aromatic heterocycles. The van der Waals surface area contributed by atoms with Gasteiger partial charge in [0.05, 0.1) is 18.8 Å². The Labute approximate surface area is 215 Å². The first-order valence-corrected chi connectivity index (χ1v) is 11.9. The van der Waals surface area contributed by atoms with E-state index in [-0.39, 0.29) is 5.78 Å². The minimum absolute atomic E-state index is 0.125. The Balaban J connectivity index is 1.33. The number of ketones is 1. The number of esters is 1. The van der Waals surface area contributed by atoms with Crippen molar-refractivity contribution in [1.29, 1.82) is 0 Å². The molecule has 0 unspecified atom stereocenters. The average Bonchev–Trinajstić information content (AvgIpc) is 2.88. The van der Waals surface area contributed by atoms with E-state index in [2.05, 4.69) is 0 Å². The molecule has 0 spiro atoms. The molecule has 0 atom stereocenters. The Morgan fingerprint density at radius 3 is 1.89 bits per heavy atom. The molecule has 37 heavy (non-hydrogen) atoms. The topological polar surface area (TPSA) is 142 Å². The highest BCUT2D eigenvalue weighted by Gasteiger charge is 2.10. The number of rotatable bonds is 13. The number of nitrogens with two attached hydrogens (primary N) is 2. The summed E-state index contributed by atoms with van der Waals surface area (Å²) in [6.07, 6.45) is 5.94. The molecule has 5 N–H and O–H groups in total. The highest BCUT2D eigenvalue weighted by molar-refractivity contribution is 6.09. The zero-order chi connectivity index (χ0) is 26.6. The number of carboxylic acids is 1. The summed E-state index contributed by atoms with van der Waals surface area (Å²) in [4.78, 5) is 35.3. The van der Waals surface area contributed by atoms with Crippen molar-refractivity contribution < 1.29 is 29.0 Å². The monoisotopic (exact) mass is 502 g/mol. The predicted octanol–water partition coefficient (Wildman–Crippen LogP) is 4.98. The second kappa shape index (κ2) is 13.5. The van der Waals surface area contributed by atoms with E-state index in [1.807, 2.05) is 0 Å². The van der Waals surface area contributed by atoms with Gasteiger partial charge >= 0.3 is 11.9 Å². The van der Waals surface area contributed by atoms with Crippen molar-refractivity contribution in [2.75, 3.05) is 24.7 Å². The summed E-state index contributed by atoms with van der Waals surface area (Å²) in [5.41, 5.74) is 14.3. The maximum absolute atomic E-state index is 12.7. The van der Waals surface area contributed by atoms with Crippen LogP contribution in [0.5, 0.6) is 5.75 Å². The fraction of sp³-hybridized carbons (Fsp3) is 0.207. The molecular formula is C29H30N2O6. The molecule has 0 fully saturated rings. The summed E-state index contributed by atoms with van der Waals surface area (Å²) >= 11 is 0. The normalized spacial score (nSPS) is 10.8. The summed E-state index contributed by atoms with van der Waals surface area (Å²) in [7, 11) is 0. The van der Waals surface area contributed by atoms with Crippen molar-refractivity contribution in [3.05, 3.63) is 95.1 Å². The second-order valence-electron chi connectivity index (χ2n) is 8.43. The molecule has 0 saturated carbocycles. The van der Waals surface area contributed by atoms with Crippen molar-refractivity contribution in [2.24, 2.45) is 0 Å². The lowest BCUT2D eigenvalue weighted by Gasteiger charge is -2.08. The lowest BCUT2D eigenvalue weighted by Crippen LogP contribution is -2.08. The van der Waals surface area contributed by atoms with Gasteiger partial charge < -0.3 is 26.0 Å². The number of aliphatic carboxylic acids is 1. The minimum Gasteiger partial charge on any atom is -0.494 e. The number of hydrogen-bond acceptors (Lipinski definition) is 7. The molecule has 192 valence electrons. The van der Waals surface area contributed by atoms with Gasteiger partial charge in [-0.3, -0.25) is 4.79 Å². The first-order valence-electron chi connectivity index (χ1n) is 11.9. The third-order valence-corrected chi connectivity index (χ3v) is 5.46. The molecule has 8 heteroatoms. The Hall–Kier alpha value is -4.59. The lowest BCUT2D eigenvalue weighted by molar-refractivity contribution is -0.131. The maximum Gasteiger partial charge on any atom is 0.338 e. The number of hydrogen-bond donors (Lipinski definition) is 3. The van der Waals surface area contributed by atoms with E-state index in [4.69, 9.17) is 26.0 Å². The van der Waals surface area contributed by atoms with Crippen LogP contribution in [0, 0.1) is 0 Å². The van der Waals surface area contributed by atoms with Gasteiger partial charge in [0.2, 0.25) is 0 Å². The fourth-order valence-corrected chi connectivity index (χ4v) is 3.57. The fourth-order valence-electron chi connectivity index (χ4n) is 3.57. The van der Waals surface area contributed by atoms with Gasteiger partial charge in [-0.05, 0) is 79.8 Å². The Bertz CT molecular complexity index is 1230. The van der Waals surface area contributed by atoms with Crippen LogP contribution >= 0.6 is 0 Å². The number of anilines is 2. The summed E-state index contributed by atoms with van der Waals surface area (Å²) in [5, 5.41) is 8.69. The van der Waals surface area contributed by atoms with Crippen molar-refractivity contribution in [2.45, 2.75) is 25.7 Å². The lowest BCUT2D eigenvalue weighted by atomic mass is 10.0. The number of ether oxygens (including phenoxy) is 2. The number of carbonyl (C=O) groups excluding carboxylic acids is 2. The molecule has 0 radical (unpaired) electrons. The third kappa shape index (κ3) is 8.85. The predicted molar refractivity (Wildman–Crippen MR) is 142 cm³/mol. The summed E-state index contributed by atoms with van der Waals surface area (Å²) in [5.74, 6) is -0.905. The van der Waals surface area contributed by atoms with Crippen molar-refractivity contribution in [1.82, 2.24) is 0 Å². The van der Waals surface area contributed by atoms with E-state index in [9.17, 15) is 14.4 Å².